The molecule has 110 valence electrons. The molecule has 0 aromatic heterocycles. The molecule has 0 aliphatic heterocycles. The molecule has 2 aromatic rings. The predicted octanol–water partition coefficient (Wildman–Crippen LogP) is 3.22. The van der Waals surface area contributed by atoms with Crippen LogP contribution in [0.25, 0.3) is 10.8 Å². The van der Waals surface area contributed by atoms with Gasteiger partial charge in [0.15, 0.2) is 0 Å². The Labute approximate surface area is 123 Å². The van der Waals surface area contributed by atoms with Gasteiger partial charge in [-0.05, 0) is 24.3 Å². The number of aromatic carboxylic acids is 1. The fourth-order valence-corrected chi connectivity index (χ4v) is 2.95. The zero-order valence-electron chi connectivity index (χ0n) is 11.7. The van der Waals surface area contributed by atoms with Gasteiger partial charge in [-0.3, -0.25) is 0 Å². The molecule has 0 amide bonds. The molecular weight excluding hydrogens is 268 g/mol. The molecule has 2 N–H and O–H groups in total. The van der Waals surface area contributed by atoms with Crippen LogP contribution in [0, 0.1) is 0 Å². The summed E-state index contributed by atoms with van der Waals surface area (Å²) in [6.07, 6.45) is 3.39. The summed E-state index contributed by atoms with van der Waals surface area (Å²) in [6, 6.07) is 10.8. The van der Waals surface area contributed by atoms with Gasteiger partial charge in [0, 0.05) is 5.39 Å². The highest BCUT2D eigenvalue weighted by molar-refractivity contribution is 6.00. The number of aliphatic hydroxyl groups is 1. The average molecular weight is 286 g/mol. The number of hydrogen-bond donors (Lipinski definition) is 2. The summed E-state index contributed by atoms with van der Waals surface area (Å²) in [7, 11) is 0. The third-order valence-corrected chi connectivity index (χ3v) is 4.13. The number of ether oxygens (including phenoxy) is 1. The van der Waals surface area contributed by atoms with Crippen molar-refractivity contribution in [2.45, 2.75) is 31.3 Å². The molecule has 0 atom stereocenters. The number of carbonyl (C=O) groups is 1. The Bertz CT molecular complexity index is 672. The molecule has 0 radical (unpaired) electrons. The molecule has 4 heteroatoms. The van der Waals surface area contributed by atoms with E-state index in [1.54, 1.807) is 12.1 Å². The lowest BCUT2D eigenvalue weighted by Gasteiger charge is -2.23. The molecule has 4 nitrogen and oxygen atoms in total. The van der Waals surface area contributed by atoms with Crippen LogP contribution in [0.5, 0.6) is 5.75 Å². The minimum atomic E-state index is -1.02. The van der Waals surface area contributed by atoms with Gasteiger partial charge in [-0.1, -0.05) is 43.2 Å². The van der Waals surface area contributed by atoms with Crippen LogP contribution in [0.4, 0.5) is 0 Å². The molecule has 1 aliphatic rings. The lowest BCUT2D eigenvalue weighted by Crippen LogP contribution is -2.32. The van der Waals surface area contributed by atoms with Crippen LogP contribution in [0.3, 0.4) is 0 Å². The summed E-state index contributed by atoms with van der Waals surface area (Å²) >= 11 is 0. The zero-order valence-corrected chi connectivity index (χ0v) is 11.7. The topological polar surface area (TPSA) is 66.8 Å². The van der Waals surface area contributed by atoms with Crippen molar-refractivity contribution in [3.8, 4) is 5.75 Å². The van der Waals surface area contributed by atoms with Crippen LogP contribution in [-0.2, 0) is 0 Å². The third-order valence-electron chi connectivity index (χ3n) is 4.13. The molecule has 0 unspecified atom stereocenters. The Morgan fingerprint density at radius 3 is 2.57 bits per heavy atom. The van der Waals surface area contributed by atoms with Gasteiger partial charge in [-0.15, -0.1) is 0 Å². The highest BCUT2D eigenvalue weighted by Gasteiger charge is 2.32. The van der Waals surface area contributed by atoms with Crippen molar-refractivity contribution in [2.75, 3.05) is 6.61 Å². The summed E-state index contributed by atoms with van der Waals surface area (Å²) in [5, 5.41) is 21.4. The van der Waals surface area contributed by atoms with Crippen molar-refractivity contribution in [2.24, 2.45) is 0 Å². The number of carboxylic acids is 1. The quantitative estimate of drug-likeness (QED) is 0.905. The van der Waals surface area contributed by atoms with Crippen molar-refractivity contribution in [3.05, 3.63) is 42.0 Å². The van der Waals surface area contributed by atoms with Gasteiger partial charge < -0.3 is 14.9 Å². The first kappa shape index (κ1) is 13.9. The van der Waals surface area contributed by atoms with Crippen LogP contribution in [0.15, 0.2) is 36.4 Å². The number of hydrogen-bond acceptors (Lipinski definition) is 3. The van der Waals surface area contributed by atoms with Crippen LogP contribution in [0.2, 0.25) is 0 Å². The van der Waals surface area contributed by atoms with Gasteiger partial charge in [0.05, 0.1) is 5.60 Å². The maximum Gasteiger partial charge on any atom is 0.339 e. The van der Waals surface area contributed by atoms with Gasteiger partial charge in [-0.2, -0.15) is 0 Å². The van der Waals surface area contributed by atoms with Gasteiger partial charge in [-0.25, -0.2) is 4.79 Å². The maximum atomic E-state index is 11.4. The Kier molecular flexibility index (Phi) is 3.55. The number of fused-ring (bicyclic) bond motifs is 1. The second-order valence-corrected chi connectivity index (χ2v) is 5.69. The highest BCUT2D eigenvalue weighted by atomic mass is 16.5. The van der Waals surface area contributed by atoms with Crippen LogP contribution >= 0.6 is 0 Å². The minimum Gasteiger partial charge on any atom is -0.489 e. The summed E-state index contributed by atoms with van der Waals surface area (Å²) < 4.78 is 5.77. The van der Waals surface area contributed by atoms with Gasteiger partial charge in [0.1, 0.15) is 17.9 Å². The summed E-state index contributed by atoms with van der Waals surface area (Å²) in [6.45, 7) is 0.140. The standard InChI is InChI=1S/C17H18O4/c18-16(19)14-8-7-12-5-1-2-6-13(12)15(14)21-11-17(20)9-3-4-10-17/h1-2,5-8,20H,3-4,9-11H2,(H,18,19). The number of carboxylic acid groups (broad SMARTS) is 1. The lowest BCUT2D eigenvalue weighted by atomic mass is 10.0. The molecule has 0 saturated heterocycles. The highest BCUT2D eigenvalue weighted by Crippen LogP contribution is 2.34. The lowest BCUT2D eigenvalue weighted by molar-refractivity contribution is 0.00139. The summed E-state index contributed by atoms with van der Waals surface area (Å²) in [5.74, 6) is -0.671. The Balaban J connectivity index is 1.98. The molecule has 2 aromatic carbocycles. The smallest absolute Gasteiger partial charge is 0.339 e. The van der Waals surface area contributed by atoms with Gasteiger partial charge >= 0.3 is 5.97 Å². The van der Waals surface area contributed by atoms with E-state index in [1.165, 1.54) is 0 Å². The largest absolute Gasteiger partial charge is 0.489 e. The third kappa shape index (κ3) is 2.72. The first-order valence-electron chi connectivity index (χ1n) is 7.19. The predicted molar refractivity (Wildman–Crippen MR) is 79.8 cm³/mol. The van der Waals surface area contributed by atoms with Crippen molar-refractivity contribution in [1.82, 2.24) is 0 Å². The number of rotatable bonds is 4. The normalized spacial score (nSPS) is 17.0. The fourth-order valence-electron chi connectivity index (χ4n) is 2.95. The van der Waals surface area contributed by atoms with Crippen molar-refractivity contribution in [3.63, 3.8) is 0 Å². The molecule has 1 aliphatic carbocycles. The van der Waals surface area contributed by atoms with Crippen molar-refractivity contribution in [1.29, 1.82) is 0 Å². The van der Waals surface area contributed by atoms with Crippen LogP contribution in [-0.4, -0.2) is 28.4 Å². The van der Waals surface area contributed by atoms with Crippen molar-refractivity contribution < 1.29 is 19.7 Å². The van der Waals surface area contributed by atoms with E-state index in [-0.39, 0.29) is 12.2 Å². The molecule has 1 saturated carbocycles. The van der Waals surface area contributed by atoms with E-state index in [9.17, 15) is 15.0 Å². The second kappa shape index (κ2) is 5.37. The van der Waals surface area contributed by atoms with E-state index < -0.39 is 11.6 Å². The average Bonchev–Trinajstić information content (AvgIpc) is 2.91. The molecule has 0 spiro atoms. The minimum absolute atomic E-state index is 0.135. The van der Waals surface area contributed by atoms with Gasteiger partial charge in [0.25, 0.3) is 0 Å². The fraction of sp³-hybridized carbons (Fsp3) is 0.353. The summed E-state index contributed by atoms with van der Waals surface area (Å²) in [4.78, 5) is 11.4. The SMILES string of the molecule is O=C(O)c1ccc2ccccc2c1OCC1(O)CCCC1. The Hall–Kier alpha value is -2.07. The number of benzene rings is 2. The first-order valence-corrected chi connectivity index (χ1v) is 7.19. The van der Waals surface area contributed by atoms with Crippen LogP contribution in [0.1, 0.15) is 36.0 Å². The monoisotopic (exact) mass is 286 g/mol. The van der Waals surface area contributed by atoms with E-state index in [4.69, 9.17) is 4.74 Å². The molecule has 21 heavy (non-hydrogen) atoms. The van der Waals surface area contributed by atoms with E-state index in [1.807, 2.05) is 24.3 Å². The Morgan fingerprint density at radius 1 is 1.14 bits per heavy atom. The van der Waals surface area contributed by atoms with Gasteiger partial charge in [0.2, 0.25) is 0 Å². The van der Waals surface area contributed by atoms with E-state index in [0.717, 1.165) is 23.6 Å². The second-order valence-electron chi connectivity index (χ2n) is 5.69. The van der Waals surface area contributed by atoms with E-state index in [2.05, 4.69) is 0 Å². The Morgan fingerprint density at radius 2 is 1.86 bits per heavy atom. The first-order chi connectivity index (χ1) is 10.1. The summed E-state index contributed by atoms with van der Waals surface area (Å²) in [5.41, 5.74) is -0.692. The van der Waals surface area contributed by atoms with E-state index >= 15 is 0 Å². The molecule has 0 heterocycles. The molecule has 1 fully saturated rings. The van der Waals surface area contributed by atoms with Crippen LogP contribution < -0.4 is 4.74 Å². The van der Waals surface area contributed by atoms with E-state index in [0.29, 0.717) is 18.6 Å². The molecule has 0 bridgehead atoms. The zero-order chi connectivity index (χ0) is 14.9. The maximum absolute atomic E-state index is 11.4. The van der Waals surface area contributed by atoms with Crippen molar-refractivity contribution >= 4 is 16.7 Å². The molecular formula is C17H18O4. The molecule has 3 rings (SSSR count).